The minimum atomic E-state index is -0.902. The molecule has 2 aromatic carbocycles. The molecule has 0 amide bonds. The van der Waals surface area contributed by atoms with Crippen LogP contribution in [-0.2, 0) is 24.1 Å². The van der Waals surface area contributed by atoms with E-state index in [1.54, 1.807) is 24.1 Å². The van der Waals surface area contributed by atoms with Gasteiger partial charge >= 0.3 is 5.97 Å². The maximum absolute atomic E-state index is 14.9. The lowest BCUT2D eigenvalue weighted by Gasteiger charge is -2.29. The van der Waals surface area contributed by atoms with Gasteiger partial charge in [0.2, 0.25) is 0 Å². The lowest BCUT2D eigenvalue weighted by atomic mass is 9.94. The van der Waals surface area contributed by atoms with Crippen LogP contribution in [-0.4, -0.2) is 57.3 Å². The van der Waals surface area contributed by atoms with Crippen LogP contribution in [0.15, 0.2) is 65.8 Å². The first-order valence-electron chi connectivity index (χ1n) is 13.9. The van der Waals surface area contributed by atoms with Gasteiger partial charge in [0.25, 0.3) is 0 Å². The Morgan fingerprint density at radius 3 is 2.58 bits per heavy atom. The number of hydrogen-bond acceptors (Lipinski definition) is 6. The number of β-amino-alcohol motifs (C(OH)–C–C–N with tert-alkyl or cyclic N) is 1. The van der Waals surface area contributed by atoms with Gasteiger partial charge < -0.3 is 15.5 Å². The number of aromatic nitrogens is 1. The van der Waals surface area contributed by atoms with Crippen molar-refractivity contribution in [3.8, 4) is 11.1 Å². The van der Waals surface area contributed by atoms with E-state index in [1.165, 1.54) is 11.6 Å². The monoisotopic (exact) mass is 567 g/mol. The fraction of sp³-hybridized carbons (Fsp3) is 0.438. The van der Waals surface area contributed by atoms with Crippen LogP contribution in [0.4, 0.5) is 4.39 Å². The average molecular weight is 568 g/mol. The lowest BCUT2D eigenvalue weighted by Crippen LogP contribution is -2.45. The predicted molar refractivity (Wildman–Crippen MR) is 161 cm³/mol. The highest BCUT2D eigenvalue weighted by atomic mass is 32.2. The largest absolute Gasteiger partial charge is 0.481 e. The minimum Gasteiger partial charge on any atom is -0.481 e. The molecule has 3 N–H and O–H groups in total. The number of nitrogens with zero attached hydrogens (tertiary/aromatic N) is 2. The second-order valence-electron chi connectivity index (χ2n) is 10.9. The summed E-state index contributed by atoms with van der Waals surface area (Å²) in [7, 11) is 1.96. The zero-order chi connectivity index (χ0) is 29.1. The van der Waals surface area contributed by atoms with Crippen LogP contribution in [0.5, 0.6) is 0 Å². The van der Waals surface area contributed by atoms with Gasteiger partial charge in [-0.25, -0.2) is 8.70 Å². The highest BCUT2D eigenvalue weighted by molar-refractivity contribution is 7.97. The number of aliphatic carboxylic acids is 1. The summed E-state index contributed by atoms with van der Waals surface area (Å²) in [5.74, 6) is -1.25. The summed E-state index contributed by atoms with van der Waals surface area (Å²) in [6.07, 6.45) is 7.17. The van der Waals surface area contributed by atoms with Crippen molar-refractivity contribution >= 4 is 17.9 Å². The Labute approximate surface area is 242 Å². The van der Waals surface area contributed by atoms with Crippen molar-refractivity contribution in [3.05, 3.63) is 83.4 Å². The summed E-state index contributed by atoms with van der Waals surface area (Å²) in [5.41, 5.74) is 4.19. The van der Waals surface area contributed by atoms with Crippen molar-refractivity contribution < 1.29 is 19.4 Å². The van der Waals surface area contributed by atoms with Crippen molar-refractivity contribution in [2.45, 2.75) is 75.8 Å². The van der Waals surface area contributed by atoms with Gasteiger partial charge in [0, 0.05) is 47.9 Å². The Morgan fingerprint density at radius 2 is 1.88 bits per heavy atom. The molecule has 1 heterocycles. The van der Waals surface area contributed by atoms with Crippen LogP contribution in [0.2, 0.25) is 0 Å². The van der Waals surface area contributed by atoms with Crippen molar-refractivity contribution in [3.63, 3.8) is 0 Å². The molecule has 216 valence electrons. The first kappa shape index (κ1) is 31.7. The molecule has 3 aromatic rings. The van der Waals surface area contributed by atoms with Gasteiger partial charge in [-0.2, -0.15) is 0 Å². The van der Waals surface area contributed by atoms with E-state index < -0.39 is 12.1 Å². The van der Waals surface area contributed by atoms with Crippen LogP contribution >= 0.6 is 11.9 Å². The summed E-state index contributed by atoms with van der Waals surface area (Å²) in [6.45, 7) is 7.39. The third-order valence-electron chi connectivity index (χ3n) is 6.99. The molecule has 40 heavy (non-hydrogen) atoms. The Hall–Kier alpha value is -2.78. The van der Waals surface area contributed by atoms with E-state index in [0.717, 1.165) is 41.7 Å². The molecule has 0 saturated carbocycles. The molecule has 6 nitrogen and oxygen atoms in total. The number of benzene rings is 2. The number of nitrogens with one attached hydrogen (secondary N) is 1. The molecule has 0 saturated heterocycles. The Bertz CT molecular complexity index is 1240. The van der Waals surface area contributed by atoms with E-state index in [0.29, 0.717) is 24.2 Å². The summed E-state index contributed by atoms with van der Waals surface area (Å²) in [4.78, 5) is 16.2. The lowest BCUT2D eigenvalue weighted by molar-refractivity contribution is -0.136. The van der Waals surface area contributed by atoms with Gasteiger partial charge in [-0.1, -0.05) is 25.1 Å². The fourth-order valence-corrected chi connectivity index (χ4v) is 5.81. The molecule has 1 atom stereocenters. The SMILES string of the molecule is CCc1cc(-c2c(F)cccc2CCC(=O)O)ccc1SN(C)CC(O)CNC(C)(C)CCCc1ccncc1. The van der Waals surface area contributed by atoms with Crippen LogP contribution in [0.25, 0.3) is 11.1 Å². The number of aryl methyl sites for hydroxylation is 3. The smallest absolute Gasteiger partial charge is 0.303 e. The third kappa shape index (κ3) is 10.0. The average Bonchev–Trinajstić information content (AvgIpc) is 2.91. The quantitative estimate of drug-likeness (QED) is 0.179. The van der Waals surface area contributed by atoms with Crippen LogP contribution in [0.3, 0.4) is 0 Å². The molecule has 0 spiro atoms. The minimum absolute atomic E-state index is 0.0458. The van der Waals surface area contributed by atoms with Gasteiger partial charge in [-0.05, 0) is 118 Å². The molecule has 0 aliphatic rings. The van der Waals surface area contributed by atoms with E-state index in [2.05, 4.69) is 43.2 Å². The highest BCUT2D eigenvalue weighted by Gasteiger charge is 2.20. The van der Waals surface area contributed by atoms with E-state index in [4.69, 9.17) is 5.11 Å². The van der Waals surface area contributed by atoms with Gasteiger partial charge in [0.15, 0.2) is 0 Å². The fourth-order valence-electron chi connectivity index (χ4n) is 4.78. The molecule has 8 heteroatoms. The van der Waals surface area contributed by atoms with Gasteiger partial charge in [0.05, 0.1) is 6.10 Å². The van der Waals surface area contributed by atoms with E-state index in [-0.39, 0.29) is 24.2 Å². The molecule has 1 unspecified atom stereocenters. The Morgan fingerprint density at radius 1 is 1.12 bits per heavy atom. The summed E-state index contributed by atoms with van der Waals surface area (Å²) in [5, 5.41) is 23.3. The molecule has 3 rings (SSSR count). The molecule has 1 aromatic heterocycles. The Balaban J connectivity index is 1.55. The highest BCUT2D eigenvalue weighted by Crippen LogP contribution is 2.33. The molecule has 0 fully saturated rings. The number of halogens is 1. The molecular formula is C32H42FN3O3S. The second-order valence-corrected chi connectivity index (χ2v) is 12.1. The maximum Gasteiger partial charge on any atom is 0.303 e. The predicted octanol–water partition coefficient (Wildman–Crippen LogP) is 6.16. The molecule has 0 radical (unpaired) electrons. The van der Waals surface area contributed by atoms with Crippen molar-refractivity contribution in [1.82, 2.24) is 14.6 Å². The van der Waals surface area contributed by atoms with Gasteiger partial charge in [-0.3, -0.25) is 9.78 Å². The van der Waals surface area contributed by atoms with Gasteiger partial charge in [-0.15, -0.1) is 0 Å². The standard InChI is InChI=1S/C32H42FN3O3S/c1-5-24-20-26(31-25(12-14-30(38)39)9-6-10-28(31)33)11-13-29(24)40-36(4)22-27(37)21-35-32(2,3)17-7-8-23-15-18-34-19-16-23/h6,9-11,13,15-16,18-20,27,35,37H,5,7-8,12,14,17,21-22H2,1-4H3,(H,38,39). The van der Waals surface area contributed by atoms with E-state index in [9.17, 15) is 14.3 Å². The number of likely N-dealkylation sites (N-methyl/N-ethyl adjacent to an activating group) is 1. The number of rotatable bonds is 16. The number of aliphatic hydroxyl groups is 1. The number of carboxylic acid groups (broad SMARTS) is 1. The maximum atomic E-state index is 14.9. The first-order chi connectivity index (χ1) is 19.1. The first-order valence-corrected chi connectivity index (χ1v) is 14.7. The third-order valence-corrected chi connectivity index (χ3v) is 8.05. The normalized spacial score (nSPS) is 12.6. The number of aliphatic hydroxyl groups excluding tert-OH is 1. The van der Waals surface area contributed by atoms with E-state index >= 15 is 0 Å². The topological polar surface area (TPSA) is 85.7 Å². The number of carbonyl (C=O) groups is 1. The molecule has 0 aliphatic heterocycles. The number of pyridine rings is 1. The zero-order valence-electron chi connectivity index (χ0n) is 24.0. The van der Waals surface area contributed by atoms with Crippen LogP contribution in [0.1, 0.15) is 56.7 Å². The molecule has 0 bridgehead atoms. The van der Waals surface area contributed by atoms with Crippen LogP contribution in [0, 0.1) is 5.82 Å². The molecule has 0 aliphatic carbocycles. The number of hydrogen-bond donors (Lipinski definition) is 3. The van der Waals surface area contributed by atoms with Crippen molar-refractivity contribution in [2.24, 2.45) is 0 Å². The number of carboxylic acids is 1. The van der Waals surface area contributed by atoms with Crippen molar-refractivity contribution in [2.75, 3.05) is 20.1 Å². The Kier molecular flexibility index (Phi) is 12.1. The summed E-state index contributed by atoms with van der Waals surface area (Å²) in [6, 6.07) is 14.8. The van der Waals surface area contributed by atoms with Crippen LogP contribution < -0.4 is 5.32 Å². The second kappa shape index (κ2) is 15.3. The summed E-state index contributed by atoms with van der Waals surface area (Å²) >= 11 is 1.56. The van der Waals surface area contributed by atoms with Crippen molar-refractivity contribution in [1.29, 1.82) is 0 Å². The van der Waals surface area contributed by atoms with E-state index in [1.807, 2.05) is 41.9 Å². The molecular weight excluding hydrogens is 525 g/mol. The zero-order valence-corrected chi connectivity index (χ0v) is 24.8. The summed E-state index contributed by atoms with van der Waals surface area (Å²) < 4.78 is 16.9. The van der Waals surface area contributed by atoms with Gasteiger partial charge in [0.1, 0.15) is 5.82 Å².